The summed E-state index contributed by atoms with van der Waals surface area (Å²) in [5.41, 5.74) is 0. The highest BCUT2D eigenvalue weighted by atomic mass is 32.2. The molecule has 0 bridgehead atoms. The molecule has 1 aromatic rings. The monoisotopic (exact) mass is 309 g/mol. The fourth-order valence-electron chi connectivity index (χ4n) is 1.69. The molecule has 5 heteroatoms. The van der Waals surface area contributed by atoms with Crippen LogP contribution in [0.2, 0.25) is 0 Å². The maximum absolute atomic E-state index is 5.33. The van der Waals surface area contributed by atoms with Crippen molar-refractivity contribution in [3.63, 3.8) is 0 Å². The summed E-state index contributed by atoms with van der Waals surface area (Å²) in [6.07, 6.45) is 6.80. The Morgan fingerprint density at radius 1 is 1.43 bits per heavy atom. The van der Waals surface area contributed by atoms with Crippen LogP contribution < -0.4 is 10.6 Å². The first kappa shape index (κ1) is 17.7. The van der Waals surface area contributed by atoms with Gasteiger partial charge in [-0.05, 0) is 18.6 Å². The Kier molecular flexibility index (Phi) is 10.4. The first-order chi connectivity index (χ1) is 10.4. The Hall–Kier alpha value is -1.36. The maximum atomic E-state index is 5.33. The summed E-state index contributed by atoms with van der Waals surface area (Å²) in [6.45, 7) is 8.51. The van der Waals surface area contributed by atoms with Gasteiger partial charge in [-0.1, -0.05) is 19.4 Å². The van der Waals surface area contributed by atoms with E-state index in [0.717, 1.165) is 55.7 Å². The topological polar surface area (TPSA) is 49.6 Å². The number of nitrogens with one attached hydrogen (secondary N) is 2. The number of rotatable bonds is 11. The Labute approximate surface area is 132 Å². The molecule has 4 nitrogen and oxygen atoms in total. The number of hydrogen-bond donors (Lipinski definition) is 2. The number of thioether (sulfide) groups is 1. The van der Waals surface area contributed by atoms with Crippen LogP contribution >= 0.6 is 11.8 Å². The van der Waals surface area contributed by atoms with Crippen LogP contribution in [0.25, 0.3) is 0 Å². The van der Waals surface area contributed by atoms with Crippen LogP contribution in [0.15, 0.2) is 40.5 Å². The van der Waals surface area contributed by atoms with Crippen molar-refractivity contribution in [3.8, 4) is 0 Å². The summed E-state index contributed by atoms with van der Waals surface area (Å²) in [6, 6.07) is 3.91. The van der Waals surface area contributed by atoms with Gasteiger partial charge in [0, 0.05) is 37.6 Å². The number of aliphatic imine (C=N–C) groups is 1. The molecule has 0 aliphatic carbocycles. The van der Waals surface area contributed by atoms with Crippen molar-refractivity contribution in [2.75, 3.05) is 31.1 Å². The van der Waals surface area contributed by atoms with E-state index in [1.165, 1.54) is 6.42 Å². The molecule has 0 aliphatic heterocycles. The van der Waals surface area contributed by atoms with Gasteiger partial charge in [0.2, 0.25) is 0 Å². The van der Waals surface area contributed by atoms with Crippen LogP contribution in [0.3, 0.4) is 0 Å². The van der Waals surface area contributed by atoms with Gasteiger partial charge in [-0.2, -0.15) is 11.8 Å². The van der Waals surface area contributed by atoms with Gasteiger partial charge in [-0.25, -0.2) is 0 Å². The molecule has 0 unspecified atom stereocenters. The molecule has 0 aliphatic rings. The molecule has 2 N–H and O–H groups in total. The summed E-state index contributed by atoms with van der Waals surface area (Å²) in [5.74, 6) is 3.94. The van der Waals surface area contributed by atoms with Crippen LogP contribution in [0.1, 0.15) is 25.5 Å². The average Bonchev–Trinajstić information content (AvgIpc) is 3.00. The number of guanidine groups is 1. The van der Waals surface area contributed by atoms with Crippen molar-refractivity contribution < 1.29 is 4.42 Å². The van der Waals surface area contributed by atoms with Crippen molar-refractivity contribution in [3.05, 3.63) is 36.8 Å². The second kappa shape index (κ2) is 12.4. The van der Waals surface area contributed by atoms with Crippen molar-refractivity contribution >= 4 is 17.7 Å². The quantitative estimate of drug-likeness (QED) is 0.285. The van der Waals surface area contributed by atoms with Gasteiger partial charge in [0.15, 0.2) is 5.96 Å². The minimum atomic E-state index is 0.825. The SMILES string of the molecule is C=CCSCCNC(=NCCCC)NCCc1ccco1. The van der Waals surface area contributed by atoms with Gasteiger partial charge in [0.05, 0.1) is 6.26 Å². The molecule has 21 heavy (non-hydrogen) atoms. The van der Waals surface area contributed by atoms with E-state index in [2.05, 4.69) is 29.1 Å². The third kappa shape index (κ3) is 9.24. The molecular formula is C16H27N3OS. The smallest absolute Gasteiger partial charge is 0.191 e. The fourth-order valence-corrected chi connectivity index (χ4v) is 2.27. The van der Waals surface area contributed by atoms with E-state index in [-0.39, 0.29) is 0 Å². The van der Waals surface area contributed by atoms with Gasteiger partial charge in [-0.3, -0.25) is 4.99 Å². The summed E-state index contributed by atoms with van der Waals surface area (Å²) in [4.78, 5) is 4.58. The van der Waals surface area contributed by atoms with E-state index in [1.807, 2.05) is 30.0 Å². The molecule has 1 aromatic heterocycles. The van der Waals surface area contributed by atoms with E-state index in [9.17, 15) is 0 Å². The highest BCUT2D eigenvalue weighted by Gasteiger charge is 2.00. The minimum Gasteiger partial charge on any atom is -0.469 e. The van der Waals surface area contributed by atoms with E-state index in [0.29, 0.717) is 0 Å². The predicted molar refractivity (Wildman–Crippen MR) is 93.1 cm³/mol. The first-order valence-corrected chi connectivity index (χ1v) is 8.75. The molecule has 0 fully saturated rings. The van der Waals surface area contributed by atoms with Crippen molar-refractivity contribution in [1.29, 1.82) is 0 Å². The Morgan fingerprint density at radius 3 is 3.00 bits per heavy atom. The van der Waals surface area contributed by atoms with Gasteiger partial charge in [-0.15, -0.1) is 6.58 Å². The van der Waals surface area contributed by atoms with E-state index < -0.39 is 0 Å². The molecule has 1 heterocycles. The third-order valence-corrected chi connectivity index (χ3v) is 3.76. The van der Waals surface area contributed by atoms with Crippen LogP contribution in [0.5, 0.6) is 0 Å². The second-order valence-corrected chi connectivity index (χ2v) is 5.78. The minimum absolute atomic E-state index is 0.825. The summed E-state index contributed by atoms with van der Waals surface area (Å²) in [7, 11) is 0. The molecule has 0 spiro atoms. The maximum Gasteiger partial charge on any atom is 0.191 e. The first-order valence-electron chi connectivity index (χ1n) is 7.60. The lowest BCUT2D eigenvalue weighted by Gasteiger charge is -2.12. The normalized spacial score (nSPS) is 11.4. The largest absolute Gasteiger partial charge is 0.469 e. The lowest BCUT2D eigenvalue weighted by Crippen LogP contribution is -2.39. The number of nitrogens with zero attached hydrogens (tertiary/aromatic N) is 1. The third-order valence-electron chi connectivity index (χ3n) is 2.80. The number of furan rings is 1. The van der Waals surface area contributed by atoms with Gasteiger partial charge in [0.25, 0.3) is 0 Å². The van der Waals surface area contributed by atoms with Gasteiger partial charge >= 0.3 is 0 Å². The highest BCUT2D eigenvalue weighted by molar-refractivity contribution is 7.99. The lowest BCUT2D eigenvalue weighted by atomic mass is 10.3. The van der Waals surface area contributed by atoms with Crippen molar-refractivity contribution in [2.45, 2.75) is 26.2 Å². The Morgan fingerprint density at radius 2 is 2.29 bits per heavy atom. The summed E-state index contributed by atoms with van der Waals surface area (Å²) < 4.78 is 5.33. The molecule has 0 saturated heterocycles. The molecule has 1 rings (SSSR count). The zero-order valence-electron chi connectivity index (χ0n) is 12.9. The lowest BCUT2D eigenvalue weighted by molar-refractivity contribution is 0.507. The zero-order valence-corrected chi connectivity index (χ0v) is 13.8. The predicted octanol–water partition coefficient (Wildman–Crippen LogP) is 3.08. The highest BCUT2D eigenvalue weighted by Crippen LogP contribution is 2.00. The van der Waals surface area contributed by atoms with Crippen molar-refractivity contribution in [1.82, 2.24) is 10.6 Å². The summed E-state index contributed by atoms with van der Waals surface area (Å²) >= 11 is 1.87. The molecular weight excluding hydrogens is 282 g/mol. The van der Waals surface area contributed by atoms with Crippen LogP contribution in [0.4, 0.5) is 0 Å². The molecule has 0 atom stereocenters. The van der Waals surface area contributed by atoms with E-state index in [4.69, 9.17) is 4.42 Å². The summed E-state index contributed by atoms with van der Waals surface area (Å²) in [5, 5.41) is 6.73. The fraction of sp³-hybridized carbons (Fsp3) is 0.562. The van der Waals surface area contributed by atoms with Crippen molar-refractivity contribution in [2.24, 2.45) is 4.99 Å². The second-order valence-electron chi connectivity index (χ2n) is 4.63. The van der Waals surface area contributed by atoms with Gasteiger partial charge < -0.3 is 15.1 Å². The van der Waals surface area contributed by atoms with Crippen LogP contribution in [-0.4, -0.2) is 37.1 Å². The molecule has 118 valence electrons. The van der Waals surface area contributed by atoms with Gasteiger partial charge in [0.1, 0.15) is 5.76 Å². The van der Waals surface area contributed by atoms with Crippen LogP contribution in [0, 0.1) is 0 Å². The molecule has 0 amide bonds. The standard InChI is InChI=1S/C16H27N3OS/c1-3-5-9-17-16(19-11-14-21-13-4-2)18-10-8-15-7-6-12-20-15/h4,6-7,12H,2-3,5,8-11,13-14H2,1H3,(H2,17,18,19). The Bertz CT molecular complexity index is 390. The zero-order chi connectivity index (χ0) is 15.2. The number of hydrogen-bond acceptors (Lipinski definition) is 3. The Balaban J connectivity index is 2.25. The average molecular weight is 309 g/mol. The van der Waals surface area contributed by atoms with Crippen LogP contribution in [-0.2, 0) is 6.42 Å². The van der Waals surface area contributed by atoms with E-state index in [1.54, 1.807) is 6.26 Å². The molecule has 0 radical (unpaired) electrons. The van der Waals surface area contributed by atoms with E-state index >= 15 is 0 Å². The molecule has 0 aromatic carbocycles. The molecule has 0 saturated carbocycles. The number of unbranched alkanes of at least 4 members (excludes halogenated alkanes) is 1.